The fourth-order valence-electron chi connectivity index (χ4n) is 3.74. The lowest BCUT2D eigenvalue weighted by molar-refractivity contribution is 0.0333. The monoisotopic (exact) mass is 375 g/mol. The number of carbonyl (C=O) groups is 1. The van der Waals surface area contributed by atoms with Gasteiger partial charge in [-0.05, 0) is 18.6 Å². The first-order chi connectivity index (χ1) is 13.2. The van der Waals surface area contributed by atoms with E-state index in [9.17, 15) is 9.90 Å². The van der Waals surface area contributed by atoms with Crippen LogP contribution in [-0.4, -0.2) is 35.9 Å². The Bertz CT molecular complexity index is 520. The molecule has 1 aromatic carbocycles. The molecule has 1 fully saturated rings. The van der Waals surface area contributed by atoms with Crippen LogP contribution in [0.15, 0.2) is 30.3 Å². The normalized spacial score (nSPS) is 22.1. The molecule has 27 heavy (non-hydrogen) atoms. The number of hydrogen-bond donors (Lipinski definition) is 2. The largest absolute Gasteiger partial charge is 0.388 e. The van der Waals surface area contributed by atoms with Gasteiger partial charge in [-0.2, -0.15) is 0 Å². The Kier molecular flexibility index (Phi) is 10.5. The third-order valence-corrected chi connectivity index (χ3v) is 5.48. The van der Waals surface area contributed by atoms with E-state index in [4.69, 9.17) is 4.74 Å². The molecule has 1 heterocycles. The van der Waals surface area contributed by atoms with Gasteiger partial charge in [0.25, 0.3) is 5.91 Å². The van der Waals surface area contributed by atoms with Crippen LogP contribution in [0.4, 0.5) is 0 Å². The van der Waals surface area contributed by atoms with E-state index in [0.717, 1.165) is 12.8 Å². The zero-order valence-electron chi connectivity index (χ0n) is 16.9. The molecule has 0 aromatic heterocycles. The fraction of sp³-hybridized carbons (Fsp3) is 0.696. The zero-order chi connectivity index (χ0) is 19.3. The molecule has 0 aliphatic carbocycles. The lowest BCUT2D eigenvalue weighted by Gasteiger charge is -2.18. The summed E-state index contributed by atoms with van der Waals surface area (Å²) in [6.45, 7) is 2.65. The van der Waals surface area contributed by atoms with Gasteiger partial charge in [-0.1, -0.05) is 89.3 Å². The predicted molar refractivity (Wildman–Crippen MR) is 110 cm³/mol. The van der Waals surface area contributed by atoms with Crippen LogP contribution in [0.25, 0.3) is 0 Å². The highest BCUT2D eigenvalue weighted by molar-refractivity contribution is 5.94. The topological polar surface area (TPSA) is 58.6 Å². The average molecular weight is 376 g/mol. The molecule has 2 N–H and O–H groups in total. The van der Waals surface area contributed by atoms with Crippen molar-refractivity contribution in [3.05, 3.63) is 35.9 Å². The van der Waals surface area contributed by atoms with Gasteiger partial charge in [0.2, 0.25) is 0 Å². The second-order valence-electron chi connectivity index (χ2n) is 7.78. The van der Waals surface area contributed by atoms with Crippen molar-refractivity contribution in [1.82, 2.24) is 5.32 Å². The van der Waals surface area contributed by atoms with Gasteiger partial charge in [0, 0.05) is 5.56 Å². The highest BCUT2D eigenvalue weighted by atomic mass is 16.5. The average Bonchev–Trinajstić information content (AvgIpc) is 3.03. The summed E-state index contributed by atoms with van der Waals surface area (Å²) in [5.74, 6) is -0.150. The second-order valence-corrected chi connectivity index (χ2v) is 7.78. The third-order valence-electron chi connectivity index (χ3n) is 5.48. The van der Waals surface area contributed by atoms with E-state index in [-0.39, 0.29) is 18.1 Å². The molecule has 0 saturated carbocycles. The maximum atomic E-state index is 12.2. The fourth-order valence-corrected chi connectivity index (χ4v) is 3.74. The highest BCUT2D eigenvalue weighted by Gasteiger charge is 2.36. The third kappa shape index (κ3) is 8.02. The number of amides is 1. The van der Waals surface area contributed by atoms with E-state index >= 15 is 0 Å². The van der Waals surface area contributed by atoms with Crippen molar-refractivity contribution in [3.8, 4) is 0 Å². The van der Waals surface area contributed by atoms with Gasteiger partial charge in [-0.25, -0.2) is 0 Å². The van der Waals surface area contributed by atoms with Crippen LogP contribution in [0.1, 0.15) is 87.9 Å². The summed E-state index contributed by atoms with van der Waals surface area (Å²) >= 11 is 0. The summed E-state index contributed by atoms with van der Waals surface area (Å²) in [7, 11) is 0. The molecule has 3 atom stereocenters. The van der Waals surface area contributed by atoms with Crippen molar-refractivity contribution < 1.29 is 14.6 Å². The molecule has 1 aromatic rings. The summed E-state index contributed by atoms with van der Waals surface area (Å²) in [6.07, 6.45) is 13.1. The Morgan fingerprint density at radius 2 is 1.59 bits per heavy atom. The van der Waals surface area contributed by atoms with Gasteiger partial charge in [0.15, 0.2) is 0 Å². The number of carbonyl (C=O) groups excluding carboxylic acids is 1. The Morgan fingerprint density at radius 1 is 1.00 bits per heavy atom. The van der Waals surface area contributed by atoms with Crippen LogP contribution in [0, 0.1) is 0 Å². The molecule has 152 valence electrons. The summed E-state index contributed by atoms with van der Waals surface area (Å²) in [5, 5.41) is 13.3. The second kappa shape index (κ2) is 12.9. The van der Waals surface area contributed by atoms with Crippen molar-refractivity contribution in [3.63, 3.8) is 0 Å². The quantitative estimate of drug-likeness (QED) is 0.484. The van der Waals surface area contributed by atoms with Crippen LogP contribution in [-0.2, 0) is 4.74 Å². The molecule has 1 amide bonds. The molecular formula is C23H37NO3. The number of nitrogens with one attached hydrogen (secondary N) is 1. The van der Waals surface area contributed by atoms with Gasteiger partial charge < -0.3 is 15.2 Å². The van der Waals surface area contributed by atoms with E-state index in [0.29, 0.717) is 12.2 Å². The summed E-state index contributed by atoms with van der Waals surface area (Å²) in [6, 6.07) is 8.80. The van der Waals surface area contributed by atoms with Crippen molar-refractivity contribution in [2.45, 2.75) is 95.8 Å². The molecule has 4 nitrogen and oxygen atoms in total. The van der Waals surface area contributed by atoms with Crippen LogP contribution >= 0.6 is 0 Å². The molecule has 2 unspecified atom stereocenters. The molecule has 2 rings (SSSR count). The zero-order valence-corrected chi connectivity index (χ0v) is 16.9. The molecule has 1 aliphatic rings. The van der Waals surface area contributed by atoms with Crippen LogP contribution < -0.4 is 5.32 Å². The summed E-state index contributed by atoms with van der Waals surface area (Å²) in [5.41, 5.74) is 0.614. The lowest BCUT2D eigenvalue weighted by Crippen LogP contribution is -2.44. The number of rotatable bonds is 13. The maximum absolute atomic E-state index is 12.2. The Morgan fingerprint density at radius 3 is 2.22 bits per heavy atom. The van der Waals surface area contributed by atoms with E-state index in [1.807, 2.05) is 18.2 Å². The van der Waals surface area contributed by atoms with Crippen molar-refractivity contribution in [1.29, 1.82) is 0 Å². The van der Waals surface area contributed by atoms with Gasteiger partial charge in [0.05, 0.1) is 18.8 Å². The first kappa shape index (κ1) is 21.9. The SMILES string of the molecule is CCCCCCCCCCCC[C@H]1OCC(NC(=O)c2ccccc2)C1O. The molecular weight excluding hydrogens is 338 g/mol. The van der Waals surface area contributed by atoms with Crippen molar-refractivity contribution >= 4 is 5.91 Å². The van der Waals surface area contributed by atoms with Crippen molar-refractivity contribution in [2.75, 3.05) is 6.61 Å². The molecule has 0 bridgehead atoms. The number of aliphatic hydroxyl groups is 1. The van der Waals surface area contributed by atoms with Gasteiger partial charge in [0.1, 0.15) is 6.10 Å². The first-order valence-corrected chi connectivity index (χ1v) is 10.9. The molecule has 4 heteroatoms. The Hall–Kier alpha value is -1.39. The predicted octanol–water partition coefficient (Wildman–Crippen LogP) is 4.86. The highest BCUT2D eigenvalue weighted by Crippen LogP contribution is 2.21. The maximum Gasteiger partial charge on any atom is 0.251 e. The van der Waals surface area contributed by atoms with Crippen LogP contribution in [0.2, 0.25) is 0 Å². The minimum absolute atomic E-state index is 0.150. The number of unbranched alkanes of at least 4 members (excludes halogenated alkanes) is 9. The van der Waals surface area contributed by atoms with E-state index in [1.165, 1.54) is 57.8 Å². The van der Waals surface area contributed by atoms with E-state index in [2.05, 4.69) is 12.2 Å². The number of ether oxygens (including phenoxy) is 1. The molecule has 0 radical (unpaired) electrons. The van der Waals surface area contributed by atoms with Gasteiger partial charge in [-0.3, -0.25) is 4.79 Å². The summed E-state index contributed by atoms with van der Waals surface area (Å²) < 4.78 is 5.73. The number of benzene rings is 1. The van der Waals surface area contributed by atoms with Crippen molar-refractivity contribution in [2.24, 2.45) is 0 Å². The smallest absolute Gasteiger partial charge is 0.251 e. The van der Waals surface area contributed by atoms with Crippen LogP contribution in [0.3, 0.4) is 0 Å². The number of hydrogen-bond acceptors (Lipinski definition) is 3. The lowest BCUT2D eigenvalue weighted by atomic mass is 10.0. The van der Waals surface area contributed by atoms with Gasteiger partial charge in [-0.15, -0.1) is 0 Å². The standard InChI is InChI=1S/C23H37NO3/c1-2-3-4-5-6-7-8-9-10-14-17-21-22(25)20(18-27-21)24-23(26)19-15-12-11-13-16-19/h11-13,15-16,20-22,25H,2-10,14,17-18H2,1H3,(H,24,26)/t20?,21-,22?/m1/s1. The minimum atomic E-state index is -0.615. The number of aliphatic hydroxyl groups excluding tert-OH is 1. The first-order valence-electron chi connectivity index (χ1n) is 10.9. The Balaban J connectivity index is 1.54. The van der Waals surface area contributed by atoms with Gasteiger partial charge >= 0.3 is 0 Å². The molecule has 0 spiro atoms. The van der Waals surface area contributed by atoms with E-state index in [1.54, 1.807) is 12.1 Å². The molecule has 1 saturated heterocycles. The van der Waals surface area contributed by atoms with E-state index < -0.39 is 6.10 Å². The summed E-state index contributed by atoms with van der Waals surface area (Å²) in [4.78, 5) is 12.2. The Labute approximate surface area is 164 Å². The minimum Gasteiger partial charge on any atom is -0.388 e. The molecule has 1 aliphatic heterocycles. The van der Waals surface area contributed by atoms with Crippen LogP contribution in [0.5, 0.6) is 0 Å².